The van der Waals surface area contributed by atoms with Crippen LogP contribution in [0, 0.1) is 0 Å². The topological polar surface area (TPSA) is 43.4 Å². The zero-order valence-corrected chi connectivity index (χ0v) is 11.7. The summed E-state index contributed by atoms with van der Waals surface area (Å²) in [7, 11) is -3.29. The van der Waals surface area contributed by atoms with E-state index in [9.17, 15) is 8.42 Å². The highest BCUT2D eigenvalue weighted by Gasteiger charge is 2.16. The predicted octanol–water partition coefficient (Wildman–Crippen LogP) is 2.48. The van der Waals surface area contributed by atoms with E-state index >= 15 is 0 Å². The lowest BCUT2D eigenvalue weighted by molar-refractivity contribution is 0.165. The molecule has 90 valence electrons. The van der Waals surface area contributed by atoms with Crippen molar-refractivity contribution in [3.63, 3.8) is 0 Å². The Labute approximate surface area is 109 Å². The van der Waals surface area contributed by atoms with E-state index in [1.807, 2.05) is 0 Å². The van der Waals surface area contributed by atoms with Crippen LogP contribution in [0.3, 0.4) is 0 Å². The van der Waals surface area contributed by atoms with E-state index in [2.05, 4.69) is 15.9 Å². The normalized spacial score (nSPS) is 11.6. The first-order valence-corrected chi connectivity index (χ1v) is 7.67. The Kier molecular flexibility index (Phi) is 5.75. The number of benzene rings is 1. The first-order valence-electron chi connectivity index (χ1n) is 4.69. The van der Waals surface area contributed by atoms with Crippen molar-refractivity contribution in [3.05, 3.63) is 28.7 Å². The second-order valence-electron chi connectivity index (χ2n) is 3.05. The maximum atomic E-state index is 11.9. The second kappa shape index (κ2) is 6.59. The van der Waals surface area contributed by atoms with Crippen molar-refractivity contribution < 1.29 is 13.2 Å². The molecule has 0 aliphatic carbocycles. The van der Waals surface area contributed by atoms with E-state index in [0.717, 1.165) is 0 Å². The quantitative estimate of drug-likeness (QED) is 0.595. The molecule has 0 unspecified atom stereocenters. The van der Waals surface area contributed by atoms with Gasteiger partial charge in [-0.3, -0.25) is 0 Å². The van der Waals surface area contributed by atoms with E-state index in [-0.39, 0.29) is 12.4 Å². The summed E-state index contributed by atoms with van der Waals surface area (Å²) < 4.78 is 29.4. The van der Waals surface area contributed by atoms with E-state index in [0.29, 0.717) is 21.9 Å². The van der Waals surface area contributed by atoms with E-state index in [1.165, 1.54) is 0 Å². The highest BCUT2D eigenvalue weighted by Crippen LogP contribution is 2.22. The molecule has 0 heterocycles. The molecule has 0 spiro atoms. The maximum absolute atomic E-state index is 11.9. The van der Waals surface area contributed by atoms with Gasteiger partial charge in [-0.15, -0.1) is 11.6 Å². The SMILES string of the molecule is O=S(=O)(CCOCCCl)c1ccccc1Br. The van der Waals surface area contributed by atoms with Crippen molar-refractivity contribution in [1.29, 1.82) is 0 Å². The third-order valence-corrected chi connectivity index (χ3v) is 4.73. The summed E-state index contributed by atoms with van der Waals surface area (Å²) in [6.07, 6.45) is 0. The van der Waals surface area contributed by atoms with Crippen LogP contribution in [0.5, 0.6) is 0 Å². The molecule has 0 aliphatic heterocycles. The van der Waals surface area contributed by atoms with Crippen LogP contribution < -0.4 is 0 Å². The fraction of sp³-hybridized carbons (Fsp3) is 0.400. The molecule has 0 bridgehead atoms. The first-order chi connectivity index (χ1) is 7.58. The van der Waals surface area contributed by atoms with E-state index in [1.54, 1.807) is 24.3 Å². The molecule has 1 aromatic carbocycles. The third kappa shape index (κ3) is 4.05. The Bertz CT molecular complexity index is 433. The van der Waals surface area contributed by atoms with E-state index < -0.39 is 9.84 Å². The van der Waals surface area contributed by atoms with Gasteiger partial charge < -0.3 is 4.74 Å². The van der Waals surface area contributed by atoms with Crippen LogP contribution in [-0.2, 0) is 14.6 Å². The fourth-order valence-electron chi connectivity index (χ4n) is 1.13. The number of sulfone groups is 1. The standard InChI is InChI=1S/C10H12BrClO3S/c11-9-3-1-2-4-10(9)16(13,14)8-7-15-6-5-12/h1-4H,5-8H2. The molecule has 0 fully saturated rings. The lowest BCUT2D eigenvalue weighted by atomic mass is 10.4. The van der Waals surface area contributed by atoms with Gasteiger partial charge in [0, 0.05) is 10.4 Å². The largest absolute Gasteiger partial charge is 0.379 e. The van der Waals surface area contributed by atoms with Crippen molar-refractivity contribution in [3.8, 4) is 0 Å². The lowest BCUT2D eigenvalue weighted by Gasteiger charge is -2.06. The van der Waals surface area contributed by atoms with Crippen LogP contribution in [0.2, 0.25) is 0 Å². The van der Waals surface area contributed by atoms with Gasteiger partial charge in [0.05, 0.1) is 23.9 Å². The molecule has 0 aliphatic rings. The van der Waals surface area contributed by atoms with Gasteiger partial charge in [0.15, 0.2) is 9.84 Å². The first kappa shape index (κ1) is 14.0. The Balaban J connectivity index is 2.68. The molecule has 0 N–H and O–H groups in total. The number of rotatable bonds is 6. The number of ether oxygens (including phenoxy) is 1. The molecular formula is C10H12BrClO3S. The molecule has 1 aromatic rings. The second-order valence-corrected chi connectivity index (χ2v) is 6.36. The highest BCUT2D eigenvalue weighted by atomic mass is 79.9. The number of halogens is 2. The average molecular weight is 328 g/mol. The summed E-state index contributed by atoms with van der Waals surface area (Å²) in [6.45, 7) is 0.531. The van der Waals surface area contributed by atoms with Gasteiger partial charge in [-0.25, -0.2) is 8.42 Å². The van der Waals surface area contributed by atoms with Crippen molar-refractivity contribution >= 4 is 37.4 Å². The zero-order chi connectivity index (χ0) is 12.0. The van der Waals surface area contributed by atoms with Gasteiger partial charge in [0.1, 0.15) is 0 Å². The molecule has 0 saturated carbocycles. The molecule has 0 atom stereocenters. The minimum Gasteiger partial charge on any atom is -0.379 e. The minimum atomic E-state index is -3.29. The van der Waals surface area contributed by atoms with Crippen LogP contribution in [0.1, 0.15) is 0 Å². The summed E-state index contributed by atoms with van der Waals surface area (Å²) in [5, 5.41) is 0. The van der Waals surface area contributed by atoms with Gasteiger partial charge in [-0.1, -0.05) is 12.1 Å². The van der Waals surface area contributed by atoms with Crippen LogP contribution in [0.25, 0.3) is 0 Å². The van der Waals surface area contributed by atoms with Crippen LogP contribution >= 0.6 is 27.5 Å². The van der Waals surface area contributed by atoms with E-state index in [4.69, 9.17) is 16.3 Å². The van der Waals surface area contributed by atoms with Gasteiger partial charge in [0.2, 0.25) is 0 Å². The van der Waals surface area contributed by atoms with Crippen molar-refractivity contribution in [2.45, 2.75) is 4.90 Å². The minimum absolute atomic E-state index is 0.0352. The molecule has 3 nitrogen and oxygen atoms in total. The number of hydrogen-bond acceptors (Lipinski definition) is 3. The molecule has 0 radical (unpaired) electrons. The highest BCUT2D eigenvalue weighted by molar-refractivity contribution is 9.10. The zero-order valence-electron chi connectivity index (χ0n) is 8.53. The fourth-order valence-corrected chi connectivity index (χ4v) is 3.47. The van der Waals surface area contributed by atoms with Gasteiger partial charge in [-0.2, -0.15) is 0 Å². The van der Waals surface area contributed by atoms with Crippen LogP contribution in [-0.4, -0.2) is 33.3 Å². The van der Waals surface area contributed by atoms with Crippen molar-refractivity contribution in [1.82, 2.24) is 0 Å². The van der Waals surface area contributed by atoms with Crippen LogP contribution in [0.15, 0.2) is 33.6 Å². The summed E-state index contributed by atoms with van der Waals surface area (Å²) in [6, 6.07) is 6.73. The average Bonchev–Trinajstić information content (AvgIpc) is 2.25. The van der Waals surface area contributed by atoms with Gasteiger partial charge >= 0.3 is 0 Å². The molecule has 16 heavy (non-hydrogen) atoms. The van der Waals surface area contributed by atoms with Crippen molar-refractivity contribution in [2.24, 2.45) is 0 Å². The van der Waals surface area contributed by atoms with Gasteiger partial charge in [0.25, 0.3) is 0 Å². The predicted molar refractivity (Wildman–Crippen MR) is 67.7 cm³/mol. The Morgan fingerprint density at radius 2 is 1.94 bits per heavy atom. The van der Waals surface area contributed by atoms with Crippen LogP contribution in [0.4, 0.5) is 0 Å². The molecular weight excluding hydrogens is 316 g/mol. The van der Waals surface area contributed by atoms with Crippen molar-refractivity contribution in [2.75, 3.05) is 24.8 Å². The molecule has 0 amide bonds. The maximum Gasteiger partial charge on any atom is 0.181 e. The molecule has 6 heteroatoms. The van der Waals surface area contributed by atoms with Gasteiger partial charge in [-0.05, 0) is 28.1 Å². The summed E-state index contributed by atoms with van der Waals surface area (Å²) >= 11 is 8.63. The Morgan fingerprint density at radius 1 is 1.25 bits per heavy atom. The number of hydrogen-bond donors (Lipinski definition) is 0. The Morgan fingerprint density at radius 3 is 2.56 bits per heavy atom. The summed E-state index contributed by atoms with van der Waals surface area (Å²) in [5.74, 6) is 0.335. The summed E-state index contributed by atoms with van der Waals surface area (Å²) in [5.41, 5.74) is 0. The summed E-state index contributed by atoms with van der Waals surface area (Å²) in [4.78, 5) is 0.296. The molecule has 0 aromatic heterocycles. The molecule has 1 rings (SSSR count). The smallest absolute Gasteiger partial charge is 0.181 e. The Hall–Kier alpha value is -0.100. The molecule has 0 saturated heterocycles. The number of alkyl halides is 1. The monoisotopic (exact) mass is 326 g/mol. The lowest BCUT2D eigenvalue weighted by Crippen LogP contribution is -2.13. The third-order valence-electron chi connectivity index (χ3n) is 1.89.